The maximum absolute atomic E-state index is 12.6. The van der Waals surface area contributed by atoms with Crippen molar-refractivity contribution in [2.75, 3.05) is 0 Å². The van der Waals surface area contributed by atoms with E-state index in [0.717, 1.165) is 38.5 Å². The standard InChI is InChI=1S/C15H26N2OS/c1-14(2)9-5-11(6-10-14)17-13(18)15(12(16)19)7-3-4-8-15/h11H,3-10H2,1-2H3,(H2,16,19)(H,17,18). The molecule has 0 aromatic carbocycles. The molecule has 0 saturated heterocycles. The maximum atomic E-state index is 12.6. The van der Waals surface area contributed by atoms with E-state index in [-0.39, 0.29) is 5.91 Å². The van der Waals surface area contributed by atoms with E-state index in [1.165, 1.54) is 12.8 Å². The van der Waals surface area contributed by atoms with Crippen LogP contribution in [0, 0.1) is 10.8 Å². The lowest BCUT2D eigenvalue weighted by Crippen LogP contribution is -2.51. The highest BCUT2D eigenvalue weighted by atomic mass is 32.1. The van der Waals surface area contributed by atoms with E-state index in [1.54, 1.807) is 0 Å². The number of hydrogen-bond acceptors (Lipinski definition) is 2. The normalized spacial score (nSPS) is 26.0. The van der Waals surface area contributed by atoms with Crippen molar-refractivity contribution in [3.8, 4) is 0 Å². The average molecular weight is 282 g/mol. The zero-order chi connectivity index (χ0) is 14.1. The van der Waals surface area contributed by atoms with Crippen molar-refractivity contribution in [2.45, 2.75) is 71.3 Å². The third-order valence-corrected chi connectivity index (χ3v) is 5.43. The fourth-order valence-corrected chi connectivity index (χ4v) is 3.73. The van der Waals surface area contributed by atoms with Gasteiger partial charge in [-0.1, -0.05) is 38.9 Å². The number of hydrogen-bond donors (Lipinski definition) is 2. The molecule has 2 aliphatic carbocycles. The Morgan fingerprint density at radius 3 is 2.16 bits per heavy atom. The molecule has 2 saturated carbocycles. The molecule has 19 heavy (non-hydrogen) atoms. The third kappa shape index (κ3) is 3.10. The van der Waals surface area contributed by atoms with Gasteiger partial charge in [0, 0.05) is 6.04 Å². The number of rotatable bonds is 3. The van der Waals surface area contributed by atoms with E-state index in [1.807, 2.05) is 0 Å². The van der Waals surface area contributed by atoms with E-state index >= 15 is 0 Å². The van der Waals surface area contributed by atoms with Crippen molar-refractivity contribution in [3.05, 3.63) is 0 Å². The van der Waals surface area contributed by atoms with Crippen LogP contribution in [-0.4, -0.2) is 16.9 Å². The highest BCUT2D eigenvalue weighted by Gasteiger charge is 2.44. The highest BCUT2D eigenvalue weighted by molar-refractivity contribution is 7.80. The number of carbonyl (C=O) groups excluding carboxylic acids is 1. The first-order valence-corrected chi connectivity index (χ1v) is 7.87. The Hall–Kier alpha value is -0.640. The van der Waals surface area contributed by atoms with Gasteiger partial charge in [0.15, 0.2) is 0 Å². The minimum atomic E-state index is -0.553. The number of nitrogens with one attached hydrogen (secondary N) is 1. The molecule has 0 spiro atoms. The molecule has 0 heterocycles. The lowest BCUT2D eigenvalue weighted by Gasteiger charge is -2.36. The van der Waals surface area contributed by atoms with Crippen LogP contribution in [-0.2, 0) is 4.79 Å². The number of carbonyl (C=O) groups is 1. The lowest BCUT2D eigenvalue weighted by atomic mass is 9.75. The van der Waals surface area contributed by atoms with Gasteiger partial charge >= 0.3 is 0 Å². The smallest absolute Gasteiger partial charge is 0.233 e. The highest BCUT2D eigenvalue weighted by Crippen LogP contribution is 2.40. The first-order chi connectivity index (χ1) is 8.86. The van der Waals surface area contributed by atoms with Gasteiger partial charge in [-0.15, -0.1) is 0 Å². The fraction of sp³-hybridized carbons (Fsp3) is 0.867. The Labute approximate surface area is 121 Å². The van der Waals surface area contributed by atoms with Gasteiger partial charge in [-0.2, -0.15) is 0 Å². The monoisotopic (exact) mass is 282 g/mol. The first kappa shape index (κ1) is 14.8. The van der Waals surface area contributed by atoms with E-state index in [9.17, 15) is 4.79 Å². The molecule has 108 valence electrons. The molecule has 3 nitrogen and oxygen atoms in total. The van der Waals surface area contributed by atoms with Crippen molar-refractivity contribution in [1.29, 1.82) is 0 Å². The summed E-state index contributed by atoms with van der Waals surface area (Å²) in [6.45, 7) is 4.61. The van der Waals surface area contributed by atoms with Crippen molar-refractivity contribution in [1.82, 2.24) is 5.32 Å². The predicted molar refractivity (Wildman–Crippen MR) is 81.9 cm³/mol. The Balaban J connectivity index is 1.95. The summed E-state index contributed by atoms with van der Waals surface area (Å²) >= 11 is 5.16. The minimum Gasteiger partial charge on any atom is -0.392 e. The zero-order valence-electron chi connectivity index (χ0n) is 12.1. The van der Waals surface area contributed by atoms with Crippen LogP contribution in [0.1, 0.15) is 65.2 Å². The summed E-state index contributed by atoms with van der Waals surface area (Å²) in [7, 11) is 0. The molecule has 3 N–H and O–H groups in total. The van der Waals surface area contributed by atoms with Crippen molar-refractivity contribution >= 4 is 23.1 Å². The summed E-state index contributed by atoms with van der Waals surface area (Å²) in [6.07, 6.45) is 8.28. The Morgan fingerprint density at radius 1 is 1.16 bits per heavy atom. The molecule has 0 aromatic heterocycles. The van der Waals surface area contributed by atoms with Crippen LogP contribution in [0.15, 0.2) is 0 Å². The second-order valence-electron chi connectivity index (χ2n) is 7.07. The summed E-state index contributed by atoms with van der Waals surface area (Å²) in [5, 5.41) is 3.21. The molecule has 2 rings (SSSR count). The van der Waals surface area contributed by atoms with Gasteiger partial charge < -0.3 is 11.1 Å². The molecular formula is C15H26N2OS. The second-order valence-corrected chi connectivity index (χ2v) is 7.51. The molecular weight excluding hydrogens is 256 g/mol. The molecule has 0 atom stereocenters. The predicted octanol–water partition coefficient (Wildman–Crippen LogP) is 2.92. The average Bonchev–Trinajstić information content (AvgIpc) is 2.82. The van der Waals surface area contributed by atoms with Crippen LogP contribution in [0.3, 0.4) is 0 Å². The van der Waals surface area contributed by atoms with Crippen LogP contribution in [0.25, 0.3) is 0 Å². The molecule has 4 heteroatoms. The molecule has 2 aliphatic rings. The van der Waals surface area contributed by atoms with Gasteiger partial charge in [-0.05, 0) is 43.9 Å². The van der Waals surface area contributed by atoms with E-state index in [0.29, 0.717) is 16.4 Å². The van der Waals surface area contributed by atoms with Gasteiger partial charge in [-0.3, -0.25) is 4.79 Å². The van der Waals surface area contributed by atoms with E-state index < -0.39 is 5.41 Å². The molecule has 0 aromatic rings. The van der Waals surface area contributed by atoms with Gasteiger partial charge in [0.2, 0.25) is 5.91 Å². The van der Waals surface area contributed by atoms with E-state index in [4.69, 9.17) is 18.0 Å². The van der Waals surface area contributed by atoms with Crippen LogP contribution < -0.4 is 11.1 Å². The summed E-state index contributed by atoms with van der Waals surface area (Å²) in [5.74, 6) is 0.0854. The number of nitrogens with two attached hydrogens (primary N) is 1. The van der Waals surface area contributed by atoms with Gasteiger partial charge in [0.05, 0.1) is 10.4 Å². The van der Waals surface area contributed by atoms with Gasteiger partial charge in [0.25, 0.3) is 0 Å². The van der Waals surface area contributed by atoms with Gasteiger partial charge in [0.1, 0.15) is 0 Å². The molecule has 0 radical (unpaired) electrons. The Kier molecular flexibility index (Phi) is 4.19. The van der Waals surface area contributed by atoms with E-state index in [2.05, 4.69) is 19.2 Å². The summed E-state index contributed by atoms with van der Waals surface area (Å²) in [4.78, 5) is 12.9. The van der Waals surface area contributed by atoms with Crippen LogP contribution in [0.4, 0.5) is 0 Å². The summed E-state index contributed by atoms with van der Waals surface area (Å²) in [5.41, 5.74) is 5.73. The quantitative estimate of drug-likeness (QED) is 0.783. The Bertz CT molecular complexity index is 362. The third-order valence-electron chi connectivity index (χ3n) is 5.04. The van der Waals surface area contributed by atoms with Crippen LogP contribution in [0.5, 0.6) is 0 Å². The molecule has 1 amide bonds. The van der Waals surface area contributed by atoms with Crippen molar-refractivity contribution in [3.63, 3.8) is 0 Å². The zero-order valence-corrected chi connectivity index (χ0v) is 12.9. The number of amides is 1. The lowest BCUT2D eigenvalue weighted by molar-refractivity contribution is -0.128. The molecule has 2 fully saturated rings. The van der Waals surface area contributed by atoms with Crippen molar-refractivity contribution < 1.29 is 4.79 Å². The summed E-state index contributed by atoms with van der Waals surface area (Å²) < 4.78 is 0. The van der Waals surface area contributed by atoms with Gasteiger partial charge in [-0.25, -0.2) is 0 Å². The summed E-state index contributed by atoms with van der Waals surface area (Å²) in [6, 6.07) is 0.312. The minimum absolute atomic E-state index is 0.0854. The molecule has 0 unspecified atom stereocenters. The first-order valence-electron chi connectivity index (χ1n) is 7.47. The molecule has 0 bridgehead atoms. The second kappa shape index (κ2) is 5.39. The maximum Gasteiger partial charge on any atom is 0.233 e. The number of thiocarbonyl (C=S) groups is 1. The van der Waals surface area contributed by atoms with Crippen molar-refractivity contribution in [2.24, 2.45) is 16.6 Å². The Morgan fingerprint density at radius 2 is 1.68 bits per heavy atom. The van der Waals surface area contributed by atoms with Crippen LogP contribution >= 0.6 is 12.2 Å². The largest absolute Gasteiger partial charge is 0.392 e. The van der Waals surface area contributed by atoms with Crippen LogP contribution in [0.2, 0.25) is 0 Å². The molecule has 0 aliphatic heterocycles. The SMILES string of the molecule is CC1(C)CCC(NC(=O)C2(C(N)=S)CCCC2)CC1. The fourth-order valence-electron chi connectivity index (χ4n) is 3.43. The topological polar surface area (TPSA) is 55.1 Å².